The van der Waals surface area contributed by atoms with Crippen LogP contribution in [0, 0.1) is 6.92 Å². The third-order valence-corrected chi connectivity index (χ3v) is 4.45. The van der Waals surface area contributed by atoms with Crippen LogP contribution in [0.15, 0.2) is 65.6 Å². The van der Waals surface area contributed by atoms with E-state index < -0.39 is 10.1 Å². The molecule has 0 atom stereocenters. The Morgan fingerprint density at radius 2 is 1.52 bits per heavy atom. The zero-order chi connectivity index (χ0) is 15.0. The van der Waals surface area contributed by atoms with Crippen molar-refractivity contribution < 1.29 is 13.0 Å². The first-order valence-electron chi connectivity index (χ1n) is 6.52. The van der Waals surface area contributed by atoms with Crippen molar-refractivity contribution >= 4 is 20.9 Å². The van der Waals surface area contributed by atoms with Crippen LogP contribution < -0.4 is 0 Å². The quantitative estimate of drug-likeness (QED) is 0.726. The molecular formula is C17H14O3S. The molecule has 1 N–H and O–H groups in total. The predicted molar refractivity (Wildman–Crippen MR) is 83.9 cm³/mol. The highest BCUT2D eigenvalue weighted by atomic mass is 32.2. The minimum Gasteiger partial charge on any atom is -0.282 e. The number of hydrogen-bond acceptors (Lipinski definition) is 2. The Bertz CT molecular complexity index is 910. The number of hydrogen-bond donors (Lipinski definition) is 1. The SMILES string of the molecule is Cc1cccc2ccc(-c3ccc(S(=O)(=O)O)cc3)cc12. The van der Waals surface area contributed by atoms with Gasteiger partial charge in [-0.1, -0.05) is 42.5 Å². The third kappa shape index (κ3) is 2.68. The van der Waals surface area contributed by atoms with Crippen molar-refractivity contribution in [1.29, 1.82) is 0 Å². The summed E-state index contributed by atoms with van der Waals surface area (Å²) in [7, 11) is -4.14. The molecule has 0 aliphatic carbocycles. The fourth-order valence-electron chi connectivity index (χ4n) is 2.43. The summed E-state index contributed by atoms with van der Waals surface area (Å²) >= 11 is 0. The molecule has 0 radical (unpaired) electrons. The number of rotatable bonds is 2. The maximum atomic E-state index is 11.1. The van der Waals surface area contributed by atoms with Crippen LogP contribution in [0.2, 0.25) is 0 Å². The zero-order valence-electron chi connectivity index (χ0n) is 11.4. The van der Waals surface area contributed by atoms with E-state index in [1.54, 1.807) is 12.1 Å². The fourth-order valence-corrected chi connectivity index (χ4v) is 2.91. The lowest BCUT2D eigenvalue weighted by Crippen LogP contribution is -1.97. The molecule has 0 heterocycles. The summed E-state index contributed by atoms with van der Waals surface area (Å²) in [5.74, 6) is 0. The van der Waals surface area contributed by atoms with Gasteiger partial charge in [-0.25, -0.2) is 0 Å². The van der Waals surface area contributed by atoms with Gasteiger partial charge >= 0.3 is 0 Å². The van der Waals surface area contributed by atoms with E-state index >= 15 is 0 Å². The van der Waals surface area contributed by atoms with Gasteiger partial charge < -0.3 is 0 Å². The molecule has 3 nitrogen and oxygen atoms in total. The van der Waals surface area contributed by atoms with E-state index in [0.29, 0.717) is 0 Å². The molecule has 0 unspecified atom stereocenters. The first kappa shape index (κ1) is 13.8. The van der Waals surface area contributed by atoms with E-state index in [2.05, 4.69) is 25.1 Å². The van der Waals surface area contributed by atoms with Gasteiger partial charge in [-0.05, 0) is 52.6 Å². The molecule has 0 fully saturated rings. The van der Waals surface area contributed by atoms with Crippen molar-refractivity contribution in [2.24, 2.45) is 0 Å². The molecule has 3 aromatic carbocycles. The molecule has 0 bridgehead atoms. The van der Waals surface area contributed by atoms with Gasteiger partial charge in [0.05, 0.1) is 4.90 Å². The van der Waals surface area contributed by atoms with Gasteiger partial charge in [-0.2, -0.15) is 8.42 Å². The molecule has 0 aliphatic heterocycles. The second kappa shape index (κ2) is 4.98. The van der Waals surface area contributed by atoms with E-state index in [1.165, 1.54) is 28.5 Å². The van der Waals surface area contributed by atoms with Crippen LogP contribution >= 0.6 is 0 Å². The topological polar surface area (TPSA) is 54.4 Å². The summed E-state index contributed by atoms with van der Waals surface area (Å²) < 4.78 is 31.1. The summed E-state index contributed by atoms with van der Waals surface area (Å²) in [6.07, 6.45) is 0. The Labute approximate surface area is 123 Å². The molecule has 4 heteroatoms. The van der Waals surface area contributed by atoms with Gasteiger partial charge in [0.1, 0.15) is 0 Å². The van der Waals surface area contributed by atoms with Gasteiger partial charge in [-0.3, -0.25) is 4.55 Å². The fraction of sp³-hybridized carbons (Fsp3) is 0.0588. The molecule has 106 valence electrons. The average molecular weight is 298 g/mol. The van der Waals surface area contributed by atoms with E-state index in [0.717, 1.165) is 11.1 Å². The van der Waals surface area contributed by atoms with Gasteiger partial charge in [0.15, 0.2) is 0 Å². The minimum atomic E-state index is -4.14. The largest absolute Gasteiger partial charge is 0.294 e. The van der Waals surface area contributed by atoms with Crippen LogP contribution in [0.1, 0.15) is 5.56 Å². The van der Waals surface area contributed by atoms with Gasteiger partial charge in [0, 0.05) is 0 Å². The first-order chi connectivity index (χ1) is 9.95. The van der Waals surface area contributed by atoms with Crippen molar-refractivity contribution in [1.82, 2.24) is 0 Å². The molecule has 3 rings (SSSR count). The molecule has 3 aromatic rings. The van der Waals surface area contributed by atoms with Crippen LogP contribution in [-0.2, 0) is 10.1 Å². The summed E-state index contributed by atoms with van der Waals surface area (Å²) in [5.41, 5.74) is 3.12. The molecular weight excluding hydrogens is 284 g/mol. The Morgan fingerprint density at radius 3 is 2.19 bits per heavy atom. The van der Waals surface area contributed by atoms with Crippen LogP contribution in [0.25, 0.3) is 21.9 Å². The van der Waals surface area contributed by atoms with Crippen LogP contribution in [0.4, 0.5) is 0 Å². The van der Waals surface area contributed by atoms with Crippen LogP contribution in [0.5, 0.6) is 0 Å². The highest BCUT2D eigenvalue weighted by Gasteiger charge is 2.09. The molecule has 0 aromatic heterocycles. The Morgan fingerprint density at radius 1 is 0.857 bits per heavy atom. The van der Waals surface area contributed by atoms with Crippen LogP contribution in [0.3, 0.4) is 0 Å². The molecule has 0 saturated carbocycles. The number of aryl methyl sites for hydroxylation is 1. The summed E-state index contributed by atoms with van der Waals surface area (Å²) in [5, 5.41) is 2.35. The van der Waals surface area contributed by atoms with E-state index in [-0.39, 0.29) is 4.90 Å². The summed E-state index contributed by atoms with van der Waals surface area (Å²) in [4.78, 5) is -0.0942. The second-order valence-corrected chi connectivity index (χ2v) is 6.43. The minimum absolute atomic E-state index is 0.0942. The Hall–Kier alpha value is -2.17. The lowest BCUT2D eigenvalue weighted by atomic mass is 9.99. The van der Waals surface area contributed by atoms with E-state index in [9.17, 15) is 8.42 Å². The second-order valence-electron chi connectivity index (χ2n) is 5.01. The van der Waals surface area contributed by atoms with E-state index in [1.807, 2.05) is 18.2 Å². The first-order valence-corrected chi connectivity index (χ1v) is 7.96. The highest BCUT2D eigenvalue weighted by molar-refractivity contribution is 7.85. The lowest BCUT2D eigenvalue weighted by molar-refractivity contribution is 0.483. The average Bonchev–Trinajstić information content (AvgIpc) is 2.47. The molecule has 0 aliphatic rings. The monoisotopic (exact) mass is 298 g/mol. The number of fused-ring (bicyclic) bond motifs is 1. The van der Waals surface area contributed by atoms with E-state index in [4.69, 9.17) is 4.55 Å². The molecule has 0 spiro atoms. The smallest absolute Gasteiger partial charge is 0.282 e. The molecule has 0 amide bonds. The Kier molecular flexibility index (Phi) is 3.27. The van der Waals surface area contributed by atoms with Gasteiger partial charge in [-0.15, -0.1) is 0 Å². The summed E-state index contributed by atoms with van der Waals surface area (Å²) in [6, 6.07) is 18.5. The lowest BCUT2D eigenvalue weighted by Gasteiger charge is -2.07. The maximum absolute atomic E-state index is 11.1. The third-order valence-electron chi connectivity index (χ3n) is 3.59. The molecule has 0 saturated heterocycles. The number of benzene rings is 3. The van der Waals surface area contributed by atoms with Crippen LogP contribution in [-0.4, -0.2) is 13.0 Å². The van der Waals surface area contributed by atoms with Gasteiger partial charge in [0.2, 0.25) is 0 Å². The van der Waals surface area contributed by atoms with Gasteiger partial charge in [0.25, 0.3) is 10.1 Å². The Balaban J connectivity index is 2.10. The van der Waals surface area contributed by atoms with Crippen molar-refractivity contribution in [2.75, 3.05) is 0 Å². The van der Waals surface area contributed by atoms with Crippen molar-refractivity contribution in [3.8, 4) is 11.1 Å². The molecule has 21 heavy (non-hydrogen) atoms. The summed E-state index contributed by atoms with van der Waals surface area (Å²) in [6.45, 7) is 2.06. The van der Waals surface area contributed by atoms with Crippen molar-refractivity contribution in [3.63, 3.8) is 0 Å². The van der Waals surface area contributed by atoms with Crippen molar-refractivity contribution in [2.45, 2.75) is 11.8 Å². The highest BCUT2D eigenvalue weighted by Crippen LogP contribution is 2.27. The zero-order valence-corrected chi connectivity index (χ0v) is 12.3. The maximum Gasteiger partial charge on any atom is 0.294 e. The van der Waals surface area contributed by atoms with Crippen molar-refractivity contribution in [3.05, 3.63) is 66.2 Å². The standard InChI is InChI=1S/C17H14O3S/c1-12-3-2-4-14-5-6-15(11-17(12)14)13-7-9-16(10-8-13)21(18,19)20/h2-11H,1H3,(H,18,19,20). The normalized spacial score (nSPS) is 11.7. The predicted octanol–water partition coefficient (Wildman–Crippen LogP) is 4.06.